The number of nitrogens with two attached hydrogens (primary N) is 1. The average Bonchev–Trinajstić information content (AvgIpc) is 3.53. The zero-order chi connectivity index (χ0) is 25.1. The van der Waals surface area contributed by atoms with Gasteiger partial charge in [0.2, 0.25) is 5.91 Å². The highest BCUT2D eigenvalue weighted by Gasteiger charge is 2.25. The number of thiazole rings is 1. The number of anilines is 2. The summed E-state index contributed by atoms with van der Waals surface area (Å²) in [7, 11) is 0. The molecule has 174 valence electrons. The molecule has 35 heavy (non-hydrogen) atoms. The summed E-state index contributed by atoms with van der Waals surface area (Å²) in [5.74, 6) is -0.0961. The number of amides is 1. The number of rotatable bonds is 6. The van der Waals surface area contributed by atoms with Crippen LogP contribution in [0.1, 0.15) is 18.1 Å². The van der Waals surface area contributed by atoms with Crippen LogP contribution in [-0.2, 0) is 4.79 Å². The Hall–Kier alpha value is -3.54. The van der Waals surface area contributed by atoms with Gasteiger partial charge in [0, 0.05) is 10.9 Å². The normalized spacial score (nSPS) is 11.5. The maximum Gasteiger partial charge on any atom is 0.239 e. The molecule has 3 N–H and O–H groups in total. The number of nitriles is 2. The van der Waals surface area contributed by atoms with Gasteiger partial charge in [0.15, 0.2) is 5.13 Å². The number of halogens is 2. The average molecular weight is 541 g/mol. The van der Waals surface area contributed by atoms with Crippen molar-refractivity contribution in [3.05, 3.63) is 63.1 Å². The van der Waals surface area contributed by atoms with Crippen molar-refractivity contribution in [1.82, 2.24) is 9.97 Å². The maximum absolute atomic E-state index is 12.9. The van der Waals surface area contributed by atoms with E-state index in [1.165, 1.54) is 17.6 Å². The van der Waals surface area contributed by atoms with Crippen molar-refractivity contribution in [2.24, 2.45) is 0 Å². The number of carbonyl (C=O) groups excluding carboxylic acids is 1. The summed E-state index contributed by atoms with van der Waals surface area (Å²) in [5, 5.41) is 24.7. The van der Waals surface area contributed by atoms with Crippen LogP contribution in [0.25, 0.3) is 22.6 Å². The van der Waals surface area contributed by atoms with Crippen molar-refractivity contribution in [1.29, 1.82) is 10.5 Å². The van der Waals surface area contributed by atoms with E-state index in [1.807, 2.05) is 6.07 Å². The monoisotopic (exact) mass is 540 g/mol. The Morgan fingerprint density at radius 1 is 1.20 bits per heavy atom. The summed E-state index contributed by atoms with van der Waals surface area (Å²) in [5.41, 5.74) is 7.78. The number of hydrogen-bond acceptors (Lipinski definition) is 9. The Bertz CT molecular complexity index is 1510. The van der Waals surface area contributed by atoms with Gasteiger partial charge < -0.3 is 15.5 Å². The fourth-order valence-electron chi connectivity index (χ4n) is 3.10. The molecule has 0 aliphatic carbocycles. The zero-order valence-electron chi connectivity index (χ0n) is 17.9. The molecule has 3 heterocycles. The van der Waals surface area contributed by atoms with Gasteiger partial charge in [0.1, 0.15) is 34.3 Å². The van der Waals surface area contributed by atoms with Crippen LogP contribution in [0.2, 0.25) is 10.0 Å². The number of thioether (sulfide) groups is 1. The molecule has 0 bridgehead atoms. The van der Waals surface area contributed by atoms with Crippen LogP contribution in [0.4, 0.5) is 10.9 Å². The number of nitrogens with zero attached hydrogens (tertiary/aromatic N) is 4. The third kappa shape index (κ3) is 5.11. The van der Waals surface area contributed by atoms with Gasteiger partial charge in [-0.25, -0.2) is 9.97 Å². The number of nitrogens with one attached hydrogen (secondary N) is 1. The number of nitrogen functional groups attached to an aromatic ring is 1. The first-order valence-corrected chi connectivity index (χ1v) is 12.4. The van der Waals surface area contributed by atoms with Crippen LogP contribution in [-0.4, -0.2) is 21.1 Å². The molecule has 0 aliphatic rings. The molecule has 1 atom stereocenters. The lowest BCUT2D eigenvalue weighted by Gasteiger charge is -2.14. The number of pyridine rings is 1. The smallest absolute Gasteiger partial charge is 0.239 e. The molecule has 12 heteroatoms. The van der Waals surface area contributed by atoms with E-state index in [1.54, 1.807) is 42.6 Å². The van der Waals surface area contributed by atoms with Crippen molar-refractivity contribution in [2.45, 2.75) is 17.2 Å². The molecule has 3 aromatic heterocycles. The summed E-state index contributed by atoms with van der Waals surface area (Å²) >= 11 is 14.3. The first-order valence-electron chi connectivity index (χ1n) is 9.88. The minimum atomic E-state index is -0.663. The second-order valence-electron chi connectivity index (χ2n) is 7.04. The predicted molar refractivity (Wildman–Crippen MR) is 137 cm³/mol. The molecule has 0 radical (unpaired) electrons. The van der Waals surface area contributed by atoms with E-state index in [4.69, 9.17) is 33.4 Å². The molecule has 1 aromatic carbocycles. The van der Waals surface area contributed by atoms with Crippen molar-refractivity contribution in [3.8, 4) is 34.7 Å². The maximum atomic E-state index is 12.9. The number of carbonyl (C=O) groups is 1. The molecular formula is C23H14Cl2N6O2S2. The van der Waals surface area contributed by atoms with Crippen LogP contribution in [0.3, 0.4) is 0 Å². The van der Waals surface area contributed by atoms with Crippen molar-refractivity contribution >= 4 is 63.2 Å². The van der Waals surface area contributed by atoms with E-state index in [0.717, 1.165) is 17.3 Å². The van der Waals surface area contributed by atoms with E-state index in [9.17, 15) is 15.3 Å². The fraction of sp³-hybridized carbons (Fsp3) is 0.0870. The quantitative estimate of drug-likeness (QED) is 0.274. The molecule has 1 amide bonds. The second kappa shape index (κ2) is 10.4. The number of benzene rings is 1. The van der Waals surface area contributed by atoms with E-state index in [-0.39, 0.29) is 33.4 Å². The van der Waals surface area contributed by atoms with Crippen LogP contribution < -0.4 is 11.1 Å². The van der Waals surface area contributed by atoms with E-state index in [0.29, 0.717) is 26.6 Å². The first-order chi connectivity index (χ1) is 16.8. The van der Waals surface area contributed by atoms with Crippen LogP contribution in [0, 0.1) is 22.7 Å². The summed E-state index contributed by atoms with van der Waals surface area (Å²) in [4.78, 5) is 21.5. The Balaban J connectivity index is 1.56. The summed E-state index contributed by atoms with van der Waals surface area (Å²) in [6, 6.07) is 12.5. The third-order valence-electron chi connectivity index (χ3n) is 4.79. The number of furan rings is 1. The lowest BCUT2D eigenvalue weighted by atomic mass is 10.0. The second-order valence-corrected chi connectivity index (χ2v) is 10.0. The lowest BCUT2D eigenvalue weighted by molar-refractivity contribution is -0.115. The van der Waals surface area contributed by atoms with Crippen molar-refractivity contribution in [2.75, 3.05) is 11.1 Å². The SMILES string of the molecule is CC(Sc1nc(N)c(C#N)c(-c2ccco2)c1C#N)C(=O)Nc1nc(-c2ccc(Cl)c(Cl)c2)cs1. The topological polar surface area (TPSA) is 142 Å². The number of aromatic nitrogens is 2. The Kier molecular flexibility index (Phi) is 7.29. The number of hydrogen-bond donors (Lipinski definition) is 2. The van der Waals surface area contributed by atoms with Crippen LogP contribution in [0.5, 0.6) is 0 Å². The Morgan fingerprint density at radius 2 is 1.97 bits per heavy atom. The molecule has 1 unspecified atom stereocenters. The molecular weight excluding hydrogens is 527 g/mol. The van der Waals surface area contributed by atoms with Gasteiger partial charge in [-0.15, -0.1) is 11.3 Å². The summed E-state index contributed by atoms with van der Waals surface area (Å²) in [6.45, 7) is 1.66. The molecule has 0 aliphatic heterocycles. The minimum Gasteiger partial charge on any atom is -0.464 e. The molecule has 4 aromatic rings. The van der Waals surface area contributed by atoms with Gasteiger partial charge in [0.25, 0.3) is 0 Å². The lowest BCUT2D eigenvalue weighted by Crippen LogP contribution is -2.22. The van der Waals surface area contributed by atoms with E-state index < -0.39 is 5.25 Å². The van der Waals surface area contributed by atoms with Gasteiger partial charge in [-0.05, 0) is 31.2 Å². The highest BCUT2D eigenvalue weighted by Crippen LogP contribution is 2.37. The Morgan fingerprint density at radius 3 is 2.63 bits per heavy atom. The predicted octanol–water partition coefficient (Wildman–Crippen LogP) is 6.22. The fourth-order valence-corrected chi connectivity index (χ4v) is 5.04. The molecule has 0 saturated heterocycles. The van der Waals surface area contributed by atoms with Crippen molar-refractivity contribution in [3.63, 3.8) is 0 Å². The zero-order valence-corrected chi connectivity index (χ0v) is 21.0. The molecule has 0 fully saturated rings. The minimum absolute atomic E-state index is 0.0376. The highest BCUT2D eigenvalue weighted by molar-refractivity contribution is 8.00. The van der Waals surface area contributed by atoms with E-state index in [2.05, 4.69) is 21.4 Å². The van der Waals surface area contributed by atoms with Crippen LogP contribution in [0.15, 0.2) is 51.4 Å². The standard InChI is InChI=1S/C23H14Cl2N6O2S2/c1-11(21(32)31-23-29-17(10-34-23)12-4-5-15(24)16(25)7-12)35-22-14(9-27)19(18-3-2-6-33-18)13(8-26)20(28)30-22/h2-7,10-11H,1H3,(H2,28,30)(H,29,31,32). The summed E-state index contributed by atoms with van der Waals surface area (Å²) < 4.78 is 5.40. The largest absolute Gasteiger partial charge is 0.464 e. The Labute approximate surface area is 218 Å². The van der Waals surface area contributed by atoms with Crippen molar-refractivity contribution < 1.29 is 9.21 Å². The van der Waals surface area contributed by atoms with Gasteiger partial charge in [-0.3, -0.25) is 4.79 Å². The third-order valence-corrected chi connectivity index (χ3v) is 7.37. The summed E-state index contributed by atoms with van der Waals surface area (Å²) in [6.07, 6.45) is 1.43. The van der Waals surface area contributed by atoms with Gasteiger partial charge in [-0.1, -0.05) is 41.0 Å². The molecule has 0 spiro atoms. The molecule has 4 rings (SSSR count). The van der Waals surface area contributed by atoms with Gasteiger partial charge in [0.05, 0.1) is 38.4 Å². The van der Waals surface area contributed by atoms with E-state index >= 15 is 0 Å². The molecule has 8 nitrogen and oxygen atoms in total. The molecule has 0 saturated carbocycles. The van der Waals surface area contributed by atoms with Gasteiger partial charge >= 0.3 is 0 Å². The highest BCUT2D eigenvalue weighted by atomic mass is 35.5. The van der Waals surface area contributed by atoms with Crippen LogP contribution >= 0.6 is 46.3 Å². The van der Waals surface area contributed by atoms with Gasteiger partial charge in [-0.2, -0.15) is 10.5 Å². The first kappa shape index (κ1) is 24.6.